The number of aromatic nitrogens is 2. The summed E-state index contributed by atoms with van der Waals surface area (Å²) in [4.78, 5) is 21.6. The predicted octanol–water partition coefficient (Wildman–Crippen LogP) is 3.58. The lowest BCUT2D eigenvalue weighted by molar-refractivity contribution is -0.137. The first-order valence-electron chi connectivity index (χ1n) is 10.7. The molecule has 1 aliphatic heterocycles. The van der Waals surface area contributed by atoms with Gasteiger partial charge in [0.05, 0.1) is 22.3 Å². The average Bonchev–Trinajstić information content (AvgIpc) is 2.82. The van der Waals surface area contributed by atoms with Gasteiger partial charge in [-0.25, -0.2) is 4.98 Å². The summed E-state index contributed by atoms with van der Waals surface area (Å²) in [7, 11) is 0. The Balaban J connectivity index is 1.84. The van der Waals surface area contributed by atoms with Crippen LogP contribution >= 0.6 is 0 Å². The molecule has 0 aliphatic carbocycles. The number of rotatable bonds is 3. The SMILES string of the molecule is Cc1c(C#N)nc2cc(C#N)c(=O)[nH]c2c1N1CCNCC1C(C)c1ccc(C(F)(F)F)cc1. The third-order valence-corrected chi connectivity index (χ3v) is 6.34. The molecule has 10 heteroatoms. The molecule has 174 valence electrons. The van der Waals surface area contributed by atoms with Crippen molar-refractivity contribution in [3.63, 3.8) is 0 Å². The summed E-state index contributed by atoms with van der Waals surface area (Å²) in [5, 5.41) is 22.2. The minimum atomic E-state index is -4.41. The number of benzene rings is 1. The number of alkyl halides is 3. The fourth-order valence-electron chi connectivity index (χ4n) is 4.49. The van der Waals surface area contributed by atoms with Gasteiger partial charge in [-0.2, -0.15) is 23.7 Å². The van der Waals surface area contributed by atoms with Gasteiger partial charge in [0.1, 0.15) is 23.4 Å². The maximum Gasteiger partial charge on any atom is 0.416 e. The van der Waals surface area contributed by atoms with Crippen LogP contribution in [-0.2, 0) is 6.18 Å². The molecule has 3 aromatic rings. The second kappa shape index (κ2) is 8.81. The molecule has 0 radical (unpaired) electrons. The normalized spacial score (nSPS) is 17.3. The highest BCUT2D eigenvalue weighted by Gasteiger charge is 2.33. The topological polar surface area (TPSA) is 109 Å². The number of fused-ring (bicyclic) bond motifs is 1. The van der Waals surface area contributed by atoms with Crippen LogP contribution in [0.25, 0.3) is 11.0 Å². The van der Waals surface area contributed by atoms with E-state index in [1.807, 2.05) is 13.0 Å². The van der Waals surface area contributed by atoms with E-state index >= 15 is 0 Å². The maximum absolute atomic E-state index is 13.0. The van der Waals surface area contributed by atoms with E-state index in [9.17, 15) is 28.5 Å². The lowest BCUT2D eigenvalue weighted by atomic mass is 9.89. The molecule has 1 saturated heterocycles. The number of H-pyrrole nitrogens is 1. The first-order valence-corrected chi connectivity index (χ1v) is 10.7. The van der Waals surface area contributed by atoms with E-state index in [1.165, 1.54) is 18.2 Å². The van der Waals surface area contributed by atoms with Crippen LogP contribution in [0.15, 0.2) is 35.1 Å². The molecule has 1 fully saturated rings. The van der Waals surface area contributed by atoms with E-state index in [-0.39, 0.29) is 23.2 Å². The molecule has 1 aliphatic rings. The number of nitrogens with one attached hydrogen (secondary N) is 2. The molecule has 0 bridgehead atoms. The summed E-state index contributed by atoms with van der Waals surface area (Å²) >= 11 is 0. The van der Waals surface area contributed by atoms with Gasteiger partial charge in [-0.05, 0) is 30.7 Å². The molecule has 0 saturated carbocycles. The monoisotopic (exact) mass is 466 g/mol. The highest BCUT2D eigenvalue weighted by atomic mass is 19.4. The summed E-state index contributed by atoms with van der Waals surface area (Å²) in [6, 6.07) is 10.2. The first-order chi connectivity index (χ1) is 16.2. The Hall–Kier alpha value is -3.89. The third-order valence-electron chi connectivity index (χ3n) is 6.34. The molecule has 0 amide bonds. The number of halogens is 3. The standard InChI is InChI=1S/C24H21F3N6O/c1-13(15-3-5-17(6-4-15)24(25,26)27)20-12-30-7-8-33(20)22-14(2)19(11-29)31-18-9-16(10-28)23(34)32-21(18)22/h3-6,9,13,20,30H,7-8,12H2,1-2H3,(H,32,34). The Kier molecular flexibility index (Phi) is 6.03. The van der Waals surface area contributed by atoms with Crippen molar-refractivity contribution in [1.82, 2.24) is 15.3 Å². The molecule has 34 heavy (non-hydrogen) atoms. The van der Waals surface area contributed by atoms with Gasteiger partial charge in [-0.15, -0.1) is 0 Å². The molecule has 1 aromatic carbocycles. The summed E-state index contributed by atoms with van der Waals surface area (Å²) in [6.07, 6.45) is -4.41. The lowest BCUT2D eigenvalue weighted by Gasteiger charge is -2.42. The number of pyridine rings is 2. The maximum atomic E-state index is 13.0. The predicted molar refractivity (Wildman–Crippen MR) is 120 cm³/mol. The van der Waals surface area contributed by atoms with Crippen molar-refractivity contribution in [2.24, 2.45) is 0 Å². The zero-order valence-corrected chi connectivity index (χ0v) is 18.5. The molecule has 2 unspecified atom stereocenters. The summed E-state index contributed by atoms with van der Waals surface area (Å²) in [5.41, 5.74) is 1.53. The highest BCUT2D eigenvalue weighted by molar-refractivity contribution is 5.92. The molecule has 7 nitrogen and oxygen atoms in total. The highest BCUT2D eigenvalue weighted by Crippen LogP contribution is 2.36. The average molecular weight is 466 g/mol. The Labute approximate surface area is 193 Å². The van der Waals surface area contributed by atoms with Crippen LogP contribution in [0.2, 0.25) is 0 Å². The van der Waals surface area contributed by atoms with Gasteiger partial charge in [0.2, 0.25) is 0 Å². The van der Waals surface area contributed by atoms with Crippen LogP contribution in [0.3, 0.4) is 0 Å². The first kappa shape index (κ1) is 23.3. The number of hydrogen-bond acceptors (Lipinski definition) is 6. The van der Waals surface area contributed by atoms with Crippen LogP contribution in [0.1, 0.15) is 40.8 Å². The number of piperazine rings is 1. The summed E-state index contributed by atoms with van der Waals surface area (Å²) in [5.74, 6) is -0.173. The van der Waals surface area contributed by atoms with E-state index in [0.29, 0.717) is 41.9 Å². The minimum Gasteiger partial charge on any atom is -0.363 e. The minimum absolute atomic E-state index is 0.103. The molecule has 4 rings (SSSR count). The van der Waals surface area contributed by atoms with Crippen LogP contribution in [0.4, 0.5) is 18.9 Å². The van der Waals surface area contributed by atoms with Crippen LogP contribution in [0, 0.1) is 29.6 Å². The fraction of sp³-hybridized carbons (Fsp3) is 0.333. The van der Waals surface area contributed by atoms with Crippen molar-refractivity contribution in [2.75, 3.05) is 24.5 Å². The quantitative estimate of drug-likeness (QED) is 0.611. The van der Waals surface area contributed by atoms with Gasteiger partial charge >= 0.3 is 6.18 Å². The molecule has 0 spiro atoms. The van der Waals surface area contributed by atoms with Crippen molar-refractivity contribution in [2.45, 2.75) is 32.0 Å². The van der Waals surface area contributed by atoms with Crippen LogP contribution in [0.5, 0.6) is 0 Å². The fourth-order valence-corrected chi connectivity index (χ4v) is 4.49. The number of nitrogens with zero attached hydrogens (tertiary/aromatic N) is 4. The number of anilines is 1. The lowest BCUT2D eigenvalue weighted by Crippen LogP contribution is -2.54. The smallest absolute Gasteiger partial charge is 0.363 e. The summed E-state index contributed by atoms with van der Waals surface area (Å²) in [6.45, 7) is 5.42. The zero-order valence-electron chi connectivity index (χ0n) is 18.5. The Morgan fingerprint density at radius 1 is 1.21 bits per heavy atom. The second-order valence-corrected chi connectivity index (χ2v) is 8.30. The molecule has 2 aromatic heterocycles. The largest absolute Gasteiger partial charge is 0.416 e. The van der Waals surface area contributed by atoms with Gasteiger partial charge in [0.25, 0.3) is 5.56 Å². The van der Waals surface area contributed by atoms with E-state index in [0.717, 1.165) is 17.7 Å². The van der Waals surface area contributed by atoms with Crippen molar-refractivity contribution < 1.29 is 13.2 Å². The van der Waals surface area contributed by atoms with E-state index in [2.05, 4.69) is 26.3 Å². The van der Waals surface area contributed by atoms with Crippen molar-refractivity contribution in [3.05, 3.63) is 68.6 Å². The number of aromatic amines is 1. The number of hydrogen-bond donors (Lipinski definition) is 2. The van der Waals surface area contributed by atoms with Gasteiger partial charge in [-0.1, -0.05) is 19.1 Å². The van der Waals surface area contributed by atoms with Crippen molar-refractivity contribution >= 4 is 16.7 Å². The number of nitriles is 2. The summed E-state index contributed by atoms with van der Waals surface area (Å²) < 4.78 is 39.0. The van der Waals surface area contributed by atoms with E-state index in [1.54, 1.807) is 6.92 Å². The molecule has 2 atom stereocenters. The van der Waals surface area contributed by atoms with E-state index < -0.39 is 17.3 Å². The molecular formula is C24H21F3N6O. The van der Waals surface area contributed by atoms with Crippen molar-refractivity contribution in [3.8, 4) is 12.1 Å². The van der Waals surface area contributed by atoms with Gasteiger partial charge in [-0.3, -0.25) is 4.79 Å². The molecule has 2 N–H and O–H groups in total. The third kappa shape index (κ3) is 4.09. The Morgan fingerprint density at radius 2 is 1.91 bits per heavy atom. The molecular weight excluding hydrogens is 445 g/mol. The van der Waals surface area contributed by atoms with Gasteiger partial charge in [0, 0.05) is 37.2 Å². The van der Waals surface area contributed by atoms with Gasteiger partial charge < -0.3 is 15.2 Å². The van der Waals surface area contributed by atoms with Crippen LogP contribution in [-0.4, -0.2) is 35.6 Å². The Bertz CT molecular complexity index is 1380. The second-order valence-electron chi connectivity index (χ2n) is 8.30. The van der Waals surface area contributed by atoms with Gasteiger partial charge in [0.15, 0.2) is 0 Å². The van der Waals surface area contributed by atoms with Crippen molar-refractivity contribution in [1.29, 1.82) is 10.5 Å². The Morgan fingerprint density at radius 3 is 2.53 bits per heavy atom. The zero-order chi connectivity index (χ0) is 24.6. The van der Waals surface area contributed by atoms with E-state index in [4.69, 9.17) is 0 Å². The molecule has 3 heterocycles. The van der Waals surface area contributed by atoms with Crippen LogP contribution < -0.4 is 15.8 Å².